The van der Waals surface area contributed by atoms with Gasteiger partial charge in [0, 0.05) is 0 Å². The Labute approximate surface area is 342 Å². The first kappa shape index (κ1) is 54.0. The third-order valence-electron chi connectivity index (χ3n) is 11.7. The first-order valence-electron chi connectivity index (χ1n) is 24.6. The van der Waals surface area contributed by atoms with E-state index in [0.29, 0.717) is 12.8 Å². The van der Waals surface area contributed by atoms with Gasteiger partial charge < -0.3 is 25.7 Å². The molecule has 0 rings (SSSR count). The van der Waals surface area contributed by atoms with Gasteiger partial charge >= 0.3 is 0 Å². The first-order valence-corrected chi connectivity index (χ1v) is 24.6. The van der Waals surface area contributed by atoms with Crippen molar-refractivity contribution in [1.29, 1.82) is 0 Å². The van der Waals surface area contributed by atoms with E-state index in [-0.39, 0.29) is 0 Å². The molecule has 55 heavy (non-hydrogen) atoms. The number of unbranched alkanes of at least 4 members (excludes halogenated alkanes) is 34. The summed E-state index contributed by atoms with van der Waals surface area (Å²) in [4.78, 5) is 12.5. The van der Waals surface area contributed by atoms with E-state index in [1.54, 1.807) is 0 Å². The van der Waals surface area contributed by atoms with Gasteiger partial charge in [-0.2, -0.15) is 0 Å². The molecule has 5 N–H and O–H groups in total. The zero-order valence-electron chi connectivity index (χ0n) is 36.9. The van der Waals surface area contributed by atoms with Crippen molar-refractivity contribution in [3.8, 4) is 0 Å². The van der Waals surface area contributed by atoms with Gasteiger partial charge in [-0.05, 0) is 38.5 Å². The largest absolute Gasteiger partial charge is 0.394 e. The van der Waals surface area contributed by atoms with Crippen LogP contribution in [0.2, 0.25) is 0 Å². The Hall–Kier alpha value is -0.950. The lowest BCUT2D eigenvalue weighted by Gasteiger charge is -2.27. The summed E-state index contributed by atoms with van der Waals surface area (Å²) < 4.78 is 0. The van der Waals surface area contributed by atoms with E-state index in [4.69, 9.17) is 0 Å². The van der Waals surface area contributed by atoms with Crippen LogP contribution < -0.4 is 5.32 Å². The minimum Gasteiger partial charge on any atom is -0.394 e. The SMILES string of the molecule is CCCCCCCCCCCCCC/C=C\CCCCCCCCC(O)C(=O)NC(CO)C(O)C(O)CCCCCCCCCCCCCCCCCCC. The monoisotopic (exact) mass is 780 g/mol. The van der Waals surface area contributed by atoms with Crippen LogP contribution in [-0.4, -0.2) is 57.3 Å². The predicted molar refractivity (Wildman–Crippen MR) is 238 cm³/mol. The number of allylic oxidation sites excluding steroid dienone is 2. The number of rotatable bonds is 45. The number of carbonyl (C=O) groups excluding carboxylic acids is 1. The summed E-state index contributed by atoms with van der Waals surface area (Å²) in [7, 11) is 0. The number of aliphatic hydroxyl groups is 4. The highest BCUT2D eigenvalue weighted by molar-refractivity contribution is 5.80. The summed E-state index contributed by atoms with van der Waals surface area (Å²) >= 11 is 0. The molecular weight excluding hydrogens is 683 g/mol. The second-order valence-corrected chi connectivity index (χ2v) is 17.2. The smallest absolute Gasteiger partial charge is 0.249 e. The zero-order valence-corrected chi connectivity index (χ0v) is 36.9. The molecule has 0 aromatic heterocycles. The van der Waals surface area contributed by atoms with Gasteiger partial charge in [-0.1, -0.05) is 238 Å². The summed E-state index contributed by atoms with van der Waals surface area (Å²) in [5, 5.41) is 43.8. The van der Waals surface area contributed by atoms with Crippen LogP contribution in [0.5, 0.6) is 0 Å². The molecule has 0 aromatic carbocycles. The quantitative estimate of drug-likeness (QED) is 0.0312. The summed E-state index contributed by atoms with van der Waals surface area (Å²) in [6.45, 7) is 4.07. The number of hydrogen-bond acceptors (Lipinski definition) is 5. The third kappa shape index (κ3) is 38.3. The van der Waals surface area contributed by atoms with E-state index in [9.17, 15) is 25.2 Å². The van der Waals surface area contributed by atoms with Crippen molar-refractivity contribution in [2.45, 2.75) is 289 Å². The maximum atomic E-state index is 12.5. The molecule has 4 unspecified atom stereocenters. The van der Waals surface area contributed by atoms with Gasteiger partial charge in [-0.3, -0.25) is 4.79 Å². The van der Waals surface area contributed by atoms with Gasteiger partial charge in [0.05, 0.1) is 18.8 Å². The van der Waals surface area contributed by atoms with Gasteiger partial charge in [-0.15, -0.1) is 0 Å². The van der Waals surface area contributed by atoms with Gasteiger partial charge in [0.15, 0.2) is 0 Å². The van der Waals surface area contributed by atoms with Gasteiger partial charge in [0.1, 0.15) is 12.2 Å². The fourth-order valence-corrected chi connectivity index (χ4v) is 7.81. The molecule has 6 heteroatoms. The molecule has 0 heterocycles. The van der Waals surface area contributed by atoms with Crippen molar-refractivity contribution in [3.05, 3.63) is 12.2 Å². The average Bonchev–Trinajstić information content (AvgIpc) is 3.19. The summed E-state index contributed by atoms with van der Waals surface area (Å²) in [5.41, 5.74) is 0. The molecule has 0 aliphatic rings. The fraction of sp³-hybridized carbons (Fsp3) is 0.939. The Bertz CT molecular complexity index is 791. The maximum absolute atomic E-state index is 12.5. The maximum Gasteiger partial charge on any atom is 0.249 e. The van der Waals surface area contributed by atoms with Gasteiger partial charge in [-0.25, -0.2) is 0 Å². The highest BCUT2D eigenvalue weighted by Crippen LogP contribution is 2.17. The van der Waals surface area contributed by atoms with Crippen molar-refractivity contribution in [2.75, 3.05) is 6.61 Å². The van der Waals surface area contributed by atoms with Crippen LogP contribution in [0, 0.1) is 0 Å². The number of carbonyl (C=O) groups is 1. The second-order valence-electron chi connectivity index (χ2n) is 17.2. The summed E-state index contributed by atoms with van der Waals surface area (Å²) in [5.74, 6) is -0.585. The van der Waals surface area contributed by atoms with Crippen molar-refractivity contribution >= 4 is 5.91 Å². The minimum absolute atomic E-state index is 0.365. The first-order chi connectivity index (χ1) is 27.0. The second kappa shape index (κ2) is 44.2. The number of hydrogen-bond donors (Lipinski definition) is 5. The van der Waals surface area contributed by atoms with Crippen molar-refractivity contribution in [2.24, 2.45) is 0 Å². The molecule has 0 fully saturated rings. The molecule has 0 saturated heterocycles. The lowest BCUT2D eigenvalue weighted by atomic mass is 9.99. The molecule has 0 radical (unpaired) electrons. The molecule has 0 aliphatic heterocycles. The number of aliphatic hydroxyl groups excluding tert-OH is 4. The molecule has 6 nitrogen and oxygen atoms in total. The third-order valence-corrected chi connectivity index (χ3v) is 11.7. The van der Waals surface area contributed by atoms with Crippen LogP contribution in [-0.2, 0) is 4.79 Å². The minimum atomic E-state index is -1.26. The lowest BCUT2D eigenvalue weighted by Crippen LogP contribution is -2.53. The molecule has 0 aromatic rings. The predicted octanol–water partition coefficient (Wildman–Crippen LogP) is 13.4. The van der Waals surface area contributed by atoms with Gasteiger partial charge in [0.2, 0.25) is 5.91 Å². The fourth-order valence-electron chi connectivity index (χ4n) is 7.81. The molecule has 0 spiro atoms. The van der Waals surface area contributed by atoms with Crippen LogP contribution in [0.1, 0.15) is 264 Å². The van der Waals surface area contributed by atoms with Crippen molar-refractivity contribution in [3.63, 3.8) is 0 Å². The summed E-state index contributed by atoms with van der Waals surface area (Å²) in [6.07, 6.45) is 49.6. The highest BCUT2D eigenvalue weighted by atomic mass is 16.3. The van der Waals surface area contributed by atoms with E-state index in [2.05, 4.69) is 31.3 Å². The van der Waals surface area contributed by atoms with E-state index in [0.717, 1.165) is 44.9 Å². The molecule has 0 bridgehead atoms. The van der Waals surface area contributed by atoms with Crippen molar-refractivity contribution in [1.82, 2.24) is 5.32 Å². The Balaban J connectivity index is 3.68. The number of nitrogens with one attached hydrogen (secondary N) is 1. The Morgan fingerprint density at radius 3 is 1.05 bits per heavy atom. The zero-order chi connectivity index (χ0) is 40.3. The van der Waals surface area contributed by atoms with E-state index in [1.165, 1.54) is 193 Å². The molecular formula is C49H97NO5. The molecule has 0 saturated carbocycles. The molecule has 4 atom stereocenters. The Kier molecular flexibility index (Phi) is 43.4. The van der Waals surface area contributed by atoms with E-state index < -0.39 is 36.9 Å². The van der Waals surface area contributed by atoms with Crippen molar-refractivity contribution < 1.29 is 25.2 Å². The van der Waals surface area contributed by atoms with Crippen LogP contribution in [0.25, 0.3) is 0 Å². The normalized spacial score (nSPS) is 14.1. The molecule has 328 valence electrons. The topological polar surface area (TPSA) is 110 Å². The van der Waals surface area contributed by atoms with Gasteiger partial charge in [0.25, 0.3) is 0 Å². The lowest BCUT2D eigenvalue weighted by molar-refractivity contribution is -0.132. The van der Waals surface area contributed by atoms with Crippen LogP contribution in [0.4, 0.5) is 0 Å². The Morgan fingerprint density at radius 2 is 0.727 bits per heavy atom. The average molecular weight is 780 g/mol. The van der Waals surface area contributed by atoms with Crippen LogP contribution in [0.3, 0.4) is 0 Å². The Morgan fingerprint density at radius 1 is 0.436 bits per heavy atom. The molecule has 1 amide bonds. The van der Waals surface area contributed by atoms with Crippen LogP contribution >= 0.6 is 0 Å². The number of amides is 1. The molecule has 0 aliphatic carbocycles. The van der Waals surface area contributed by atoms with E-state index >= 15 is 0 Å². The standard InChI is InChI=1S/C49H97NO5/c1-3-5-7-9-11-13-15-17-19-21-22-23-24-25-27-29-31-33-35-37-39-41-43-47(53)49(55)50-45(44-51)48(54)46(52)42-40-38-36-34-32-30-28-26-20-18-16-14-12-10-8-6-4-2/h25,27,45-48,51-54H,3-24,26,28-44H2,1-2H3,(H,50,55)/b27-25-. The highest BCUT2D eigenvalue weighted by Gasteiger charge is 2.28. The van der Waals surface area contributed by atoms with E-state index in [1.807, 2.05) is 0 Å². The summed E-state index contributed by atoms with van der Waals surface area (Å²) in [6, 6.07) is -0.985. The van der Waals surface area contributed by atoms with Crippen LogP contribution in [0.15, 0.2) is 12.2 Å².